The first-order chi connectivity index (χ1) is 17.1. The second-order valence-corrected chi connectivity index (χ2v) is 8.11. The van der Waals surface area contributed by atoms with E-state index < -0.39 is 6.04 Å². The van der Waals surface area contributed by atoms with Crippen LogP contribution in [0.3, 0.4) is 0 Å². The number of carbonyl (C=O) groups is 1. The molecule has 1 aliphatic rings. The molecule has 2 N–H and O–H groups in total. The molecule has 4 aromatic rings. The number of aromatic nitrogens is 2. The summed E-state index contributed by atoms with van der Waals surface area (Å²) in [5.74, 6) is -0.308. The van der Waals surface area contributed by atoms with Crippen molar-refractivity contribution in [3.8, 4) is 23.0 Å². The molecule has 7 nitrogen and oxygen atoms in total. The van der Waals surface area contributed by atoms with Crippen LogP contribution in [0.4, 0.5) is 5.69 Å². The molecule has 7 heteroatoms. The maximum absolute atomic E-state index is 12.4. The van der Waals surface area contributed by atoms with Crippen LogP contribution in [0.5, 0.6) is 0 Å². The summed E-state index contributed by atoms with van der Waals surface area (Å²) in [6.07, 6.45) is 1.90. The largest absolute Gasteiger partial charge is 0.396 e. The molecule has 1 atom stereocenters. The highest BCUT2D eigenvalue weighted by molar-refractivity contribution is 6.45. The van der Waals surface area contributed by atoms with Crippen LogP contribution in [0.2, 0.25) is 0 Å². The van der Waals surface area contributed by atoms with Crippen molar-refractivity contribution in [2.75, 3.05) is 5.01 Å². The second kappa shape index (κ2) is 9.12. The van der Waals surface area contributed by atoms with Gasteiger partial charge in [-0.1, -0.05) is 66.7 Å². The van der Waals surface area contributed by atoms with Crippen LogP contribution in [0.25, 0.3) is 16.9 Å². The fraction of sp³-hybridized carbons (Fsp3) is 0.0714. The lowest BCUT2D eigenvalue weighted by Gasteiger charge is -2.33. The molecule has 0 amide bonds. The predicted octanol–water partition coefficient (Wildman–Crippen LogP) is 4.78. The standard InChI is InChI=1S/C28H22N6O/c1-19(35)26-25(30)23(17-29)28(34(32-26)22-15-9-4-10-16-22)24-18-33(21-13-7-3-8-14-21)31-27(24)20-11-5-2-6-12-20/h2-16,18,28H,30H2,1H3. The number of rotatable bonds is 5. The Morgan fingerprint density at radius 2 is 1.49 bits per heavy atom. The molecule has 0 fully saturated rings. The van der Waals surface area contributed by atoms with Gasteiger partial charge in [0.2, 0.25) is 0 Å². The highest BCUT2D eigenvalue weighted by Crippen LogP contribution is 2.41. The highest BCUT2D eigenvalue weighted by Gasteiger charge is 2.37. The normalized spacial score (nSPS) is 15.5. The van der Waals surface area contributed by atoms with E-state index in [4.69, 9.17) is 10.8 Å². The number of benzene rings is 3. The van der Waals surface area contributed by atoms with E-state index in [-0.39, 0.29) is 22.8 Å². The lowest BCUT2D eigenvalue weighted by atomic mass is 9.92. The molecule has 170 valence electrons. The van der Waals surface area contributed by atoms with E-state index in [2.05, 4.69) is 11.2 Å². The molecule has 0 saturated carbocycles. The van der Waals surface area contributed by atoms with E-state index in [1.54, 1.807) is 9.69 Å². The van der Waals surface area contributed by atoms with Crippen LogP contribution >= 0.6 is 0 Å². The summed E-state index contributed by atoms with van der Waals surface area (Å²) in [5.41, 5.74) is 10.7. The first-order valence-electron chi connectivity index (χ1n) is 11.1. The van der Waals surface area contributed by atoms with E-state index in [0.29, 0.717) is 5.69 Å². The maximum atomic E-state index is 12.4. The highest BCUT2D eigenvalue weighted by atomic mass is 16.1. The van der Waals surface area contributed by atoms with E-state index in [1.807, 2.05) is 97.2 Å². The number of allylic oxidation sites excluding steroid dienone is 1. The van der Waals surface area contributed by atoms with E-state index >= 15 is 0 Å². The minimum absolute atomic E-state index is 0.0679. The fourth-order valence-electron chi connectivity index (χ4n) is 4.19. The molecule has 1 unspecified atom stereocenters. The smallest absolute Gasteiger partial charge is 0.182 e. The number of carbonyl (C=O) groups excluding carboxylic acids is 1. The monoisotopic (exact) mass is 458 g/mol. The zero-order valence-corrected chi connectivity index (χ0v) is 19.0. The minimum Gasteiger partial charge on any atom is -0.396 e. The summed E-state index contributed by atoms with van der Waals surface area (Å²) in [4.78, 5) is 12.4. The number of ketones is 1. The SMILES string of the molecule is CC(=O)C1=NN(c2ccccc2)C(c2cn(-c3ccccc3)nc2-c2ccccc2)C(C#N)=C1N. The Morgan fingerprint density at radius 3 is 2.06 bits per heavy atom. The molecule has 1 aromatic heterocycles. The fourth-order valence-corrected chi connectivity index (χ4v) is 4.19. The van der Waals surface area contributed by atoms with Crippen molar-refractivity contribution in [3.63, 3.8) is 0 Å². The van der Waals surface area contributed by atoms with Gasteiger partial charge in [-0.15, -0.1) is 0 Å². The van der Waals surface area contributed by atoms with Gasteiger partial charge in [-0.25, -0.2) is 4.68 Å². The van der Waals surface area contributed by atoms with Crippen molar-refractivity contribution in [3.05, 3.63) is 114 Å². The van der Waals surface area contributed by atoms with Crippen molar-refractivity contribution in [1.82, 2.24) is 9.78 Å². The lowest BCUT2D eigenvalue weighted by Crippen LogP contribution is -2.37. The van der Waals surface area contributed by atoms with Crippen molar-refractivity contribution >= 4 is 17.2 Å². The summed E-state index contributed by atoms with van der Waals surface area (Å²) in [6.45, 7) is 1.40. The van der Waals surface area contributed by atoms with Crippen LogP contribution in [0.1, 0.15) is 18.5 Å². The van der Waals surface area contributed by atoms with Crippen molar-refractivity contribution in [1.29, 1.82) is 5.26 Å². The van der Waals surface area contributed by atoms with Gasteiger partial charge in [-0.05, 0) is 24.3 Å². The summed E-state index contributed by atoms with van der Waals surface area (Å²) in [5, 5.41) is 21.5. The molecule has 0 spiro atoms. The molecular formula is C28H22N6O. The third-order valence-corrected chi connectivity index (χ3v) is 5.85. The van der Waals surface area contributed by atoms with Gasteiger partial charge in [0.15, 0.2) is 11.5 Å². The number of Topliss-reactive ketones (excluding diaryl/α,β-unsaturated/α-hetero) is 1. The summed E-state index contributed by atoms with van der Waals surface area (Å²) >= 11 is 0. The molecule has 3 aromatic carbocycles. The number of nitriles is 1. The van der Waals surface area contributed by atoms with Gasteiger partial charge in [-0.2, -0.15) is 15.5 Å². The Balaban J connectivity index is 1.78. The number of hydrazone groups is 1. The number of nitrogens with two attached hydrogens (primary N) is 1. The first-order valence-corrected chi connectivity index (χ1v) is 11.1. The van der Waals surface area contributed by atoms with Crippen molar-refractivity contribution < 1.29 is 4.79 Å². The Morgan fingerprint density at radius 1 is 0.914 bits per heavy atom. The molecule has 0 radical (unpaired) electrons. The Labute approximate surface area is 203 Å². The number of hydrogen-bond acceptors (Lipinski definition) is 6. The summed E-state index contributed by atoms with van der Waals surface area (Å²) < 4.78 is 1.79. The third-order valence-electron chi connectivity index (χ3n) is 5.85. The zero-order valence-electron chi connectivity index (χ0n) is 19.0. The molecule has 2 heterocycles. The van der Waals surface area contributed by atoms with Gasteiger partial charge < -0.3 is 5.73 Å². The second-order valence-electron chi connectivity index (χ2n) is 8.11. The summed E-state index contributed by atoms with van der Waals surface area (Å²) in [6, 6.07) is 30.5. The van der Waals surface area contributed by atoms with Gasteiger partial charge >= 0.3 is 0 Å². The lowest BCUT2D eigenvalue weighted by molar-refractivity contribution is -0.111. The molecule has 0 bridgehead atoms. The molecule has 0 aliphatic carbocycles. The Hall–Kier alpha value is -4.96. The summed E-state index contributed by atoms with van der Waals surface area (Å²) in [7, 11) is 0. The van der Waals surface area contributed by atoms with E-state index in [0.717, 1.165) is 22.5 Å². The van der Waals surface area contributed by atoms with Crippen LogP contribution in [-0.2, 0) is 4.79 Å². The van der Waals surface area contributed by atoms with Crippen molar-refractivity contribution in [2.24, 2.45) is 10.8 Å². The van der Waals surface area contributed by atoms with Gasteiger partial charge in [0, 0.05) is 24.2 Å². The maximum Gasteiger partial charge on any atom is 0.182 e. The zero-order chi connectivity index (χ0) is 24.4. The van der Waals surface area contributed by atoms with Crippen molar-refractivity contribution in [2.45, 2.75) is 13.0 Å². The van der Waals surface area contributed by atoms with Gasteiger partial charge in [0.1, 0.15) is 6.04 Å². The Bertz CT molecular complexity index is 1480. The predicted molar refractivity (Wildman–Crippen MR) is 136 cm³/mol. The van der Waals surface area contributed by atoms with E-state index in [1.165, 1.54) is 6.92 Å². The third kappa shape index (κ3) is 3.98. The Kier molecular flexibility index (Phi) is 5.70. The molecule has 5 rings (SSSR count). The molecular weight excluding hydrogens is 436 g/mol. The molecule has 0 saturated heterocycles. The van der Waals surface area contributed by atoms with Gasteiger partial charge in [0.05, 0.1) is 34.4 Å². The quantitative estimate of drug-likeness (QED) is 0.464. The molecule has 35 heavy (non-hydrogen) atoms. The van der Waals surface area contributed by atoms with Crippen LogP contribution in [-0.4, -0.2) is 21.3 Å². The van der Waals surface area contributed by atoms with Gasteiger partial charge in [0.25, 0.3) is 0 Å². The number of anilines is 1. The number of hydrogen-bond donors (Lipinski definition) is 1. The first kappa shape index (κ1) is 21.9. The van der Waals surface area contributed by atoms with Gasteiger partial charge in [-0.3, -0.25) is 9.80 Å². The molecule has 1 aliphatic heterocycles. The average Bonchev–Trinajstić information content (AvgIpc) is 3.35. The van der Waals surface area contributed by atoms with E-state index in [9.17, 15) is 10.1 Å². The number of nitrogens with zero attached hydrogens (tertiary/aromatic N) is 5. The number of para-hydroxylation sites is 2. The minimum atomic E-state index is -0.682. The topological polar surface area (TPSA) is 100 Å². The van der Waals surface area contributed by atoms with Crippen LogP contribution in [0, 0.1) is 11.3 Å². The van der Waals surface area contributed by atoms with Crippen LogP contribution in [0.15, 0.2) is 114 Å². The average molecular weight is 459 g/mol. The van der Waals surface area contributed by atoms with Crippen LogP contribution < -0.4 is 10.7 Å².